The van der Waals surface area contributed by atoms with E-state index in [4.69, 9.17) is 4.74 Å². The van der Waals surface area contributed by atoms with Gasteiger partial charge in [-0.05, 0) is 24.5 Å². The normalized spacial score (nSPS) is 11.9. The number of aliphatic imine (C=N–C) groups is 1. The van der Waals surface area contributed by atoms with Gasteiger partial charge in [-0.25, -0.2) is 0 Å². The Labute approximate surface area is 164 Å². The van der Waals surface area contributed by atoms with Crippen molar-refractivity contribution in [1.29, 1.82) is 0 Å². The molecule has 0 aliphatic carbocycles. The molecule has 0 saturated heterocycles. The van der Waals surface area contributed by atoms with Gasteiger partial charge in [0.1, 0.15) is 12.4 Å². The minimum absolute atomic E-state index is 0. The molecule has 1 aromatic rings. The van der Waals surface area contributed by atoms with E-state index in [1.807, 2.05) is 31.2 Å². The molecule has 0 atom stereocenters. The fourth-order valence-electron chi connectivity index (χ4n) is 2.06. The molecule has 0 unspecified atom stereocenters. The summed E-state index contributed by atoms with van der Waals surface area (Å²) in [6.45, 7) is 7.17. The smallest absolute Gasteiger partial charge is 0.390 e. The first-order valence-electron chi connectivity index (χ1n) is 8.14. The third-order valence-electron chi connectivity index (χ3n) is 3.20. The quantitative estimate of drug-likeness (QED) is 0.256. The van der Waals surface area contributed by atoms with Crippen LogP contribution in [-0.2, 0) is 0 Å². The second-order valence-electron chi connectivity index (χ2n) is 5.59. The van der Waals surface area contributed by atoms with E-state index in [-0.39, 0.29) is 30.5 Å². The van der Waals surface area contributed by atoms with Crippen LogP contribution in [-0.4, -0.2) is 38.4 Å². The molecule has 4 nitrogen and oxygen atoms in total. The maximum absolute atomic E-state index is 12.2. The number of para-hydroxylation sites is 1. The van der Waals surface area contributed by atoms with E-state index in [0.29, 0.717) is 31.6 Å². The van der Waals surface area contributed by atoms with Crippen LogP contribution in [0.15, 0.2) is 29.3 Å². The number of hydrogen-bond acceptors (Lipinski definition) is 2. The number of ether oxygens (including phenoxy) is 1. The molecule has 0 aromatic heterocycles. The van der Waals surface area contributed by atoms with Crippen molar-refractivity contribution in [2.75, 3.05) is 26.2 Å². The van der Waals surface area contributed by atoms with Crippen molar-refractivity contribution >= 4 is 29.9 Å². The summed E-state index contributed by atoms with van der Waals surface area (Å²) in [5.41, 5.74) is 1.13. The minimum Gasteiger partial charge on any atom is -0.491 e. The third kappa shape index (κ3) is 10.4. The maximum Gasteiger partial charge on any atom is 0.390 e. The molecule has 25 heavy (non-hydrogen) atoms. The summed E-state index contributed by atoms with van der Waals surface area (Å²) in [6, 6.07) is 7.82. The van der Waals surface area contributed by atoms with Crippen LogP contribution in [0, 0.1) is 0 Å². The lowest BCUT2D eigenvalue weighted by Crippen LogP contribution is -2.39. The van der Waals surface area contributed by atoms with Gasteiger partial charge in [0.2, 0.25) is 0 Å². The van der Waals surface area contributed by atoms with Crippen molar-refractivity contribution in [1.82, 2.24) is 10.6 Å². The highest BCUT2D eigenvalue weighted by Crippen LogP contribution is 2.25. The summed E-state index contributed by atoms with van der Waals surface area (Å²) in [6.07, 6.45) is -5.12. The van der Waals surface area contributed by atoms with Gasteiger partial charge in [-0.15, -0.1) is 24.0 Å². The zero-order valence-corrected chi connectivity index (χ0v) is 17.2. The first-order valence-corrected chi connectivity index (χ1v) is 8.14. The van der Waals surface area contributed by atoms with Gasteiger partial charge in [0, 0.05) is 6.54 Å². The highest BCUT2D eigenvalue weighted by atomic mass is 127. The Morgan fingerprint density at radius 2 is 1.88 bits per heavy atom. The van der Waals surface area contributed by atoms with Gasteiger partial charge >= 0.3 is 6.18 Å². The van der Waals surface area contributed by atoms with Gasteiger partial charge < -0.3 is 15.4 Å². The van der Waals surface area contributed by atoms with Crippen LogP contribution in [0.2, 0.25) is 0 Å². The summed E-state index contributed by atoms with van der Waals surface area (Å²) in [7, 11) is 0. The Balaban J connectivity index is 0.00000576. The van der Waals surface area contributed by atoms with Crippen molar-refractivity contribution in [3.63, 3.8) is 0 Å². The Bertz CT molecular complexity index is 522. The largest absolute Gasteiger partial charge is 0.491 e. The summed E-state index contributed by atoms with van der Waals surface area (Å²) in [4.78, 5) is 3.91. The predicted molar refractivity (Wildman–Crippen MR) is 106 cm³/mol. The lowest BCUT2D eigenvalue weighted by atomic mass is 10.0. The molecule has 0 aliphatic rings. The molecule has 0 amide bonds. The standard InChI is InChI=1S/C17H26F3N3O.HI/c1-4-21-16(22-10-9-17(18,19)20)23-11-12-24-15-8-6-5-7-14(15)13(2)3;/h5-8,13H,4,9-12H2,1-3H3,(H2,21,22,23);1H. The fraction of sp³-hybridized carbons (Fsp3) is 0.588. The SMILES string of the molecule is CCNC(=NCCC(F)(F)F)NCCOc1ccccc1C(C)C.I. The molecular formula is C17H27F3IN3O. The van der Waals surface area contributed by atoms with Crippen LogP contribution in [0.4, 0.5) is 13.2 Å². The van der Waals surface area contributed by atoms with E-state index in [0.717, 1.165) is 11.3 Å². The molecule has 0 spiro atoms. The molecule has 0 bridgehead atoms. The summed E-state index contributed by atoms with van der Waals surface area (Å²) < 4.78 is 42.2. The summed E-state index contributed by atoms with van der Waals surface area (Å²) in [5, 5.41) is 5.89. The van der Waals surface area contributed by atoms with E-state index in [9.17, 15) is 13.2 Å². The van der Waals surface area contributed by atoms with Crippen molar-refractivity contribution in [3.8, 4) is 5.75 Å². The Morgan fingerprint density at radius 1 is 1.20 bits per heavy atom. The van der Waals surface area contributed by atoms with Crippen molar-refractivity contribution in [3.05, 3.63) is 29.8 Å². The van der Waals surface area contributed by atoms with E-state index in [1.54, 1.807) is 0 Å². The zero-order valence-electron chi connectivity index (χ0n) is 14.8. The number of benzene rings is 1. The van der Waals surface area contributed by atoms with E-state index < -0.39 is 12.6 Å². The predicted octanol–water partition coefficient (Wildman–Crippen LogP) is 4.31. The molecule has 0 aliphatic heterocycles. The highest BCUT2D eigenvalue weighted by Gasteiger charge is 2.26. The first kappa shape index (κ1) is 23.8. The van der Waals surface area contributed by atoms with Gasteiger partial charge in [-0.3, -0.25) is 4.99 Å². The number of guanidine groups is 1. The van der Waals surface area contributed by atoms with Gasteiger partial charge in [-0.1, -0.05) is 32.0 Å². The minimum atomic E-state index is -4.19. The number of nitrogens with one attached hydrogen (secondary N) is 2. The monoisotopic (exact) mass is 473 g/mol. The maximum atomic E-state index is 12.2. The number of rotatable bonds is 8. The molecule has 2 N–H and O–H groups in total. The van der Waals surface area contributed by atoms with Gasteiger partial charge in [0.25, 0.3) is 0 Å². The van der Waals surface area contributed by atoms with Gasteiger partial charge in [0.15, 0.2) is 5.96 Å². The average molecular weight is 473 g/mol. The van der Waals surface area contributed by atoms with E-state index in [1.165, 1.54) is 0 Å². The van der Waals surface area contributed by atoms with Crippen molar-refractivity contribution in [2.45, 2.75) is 39.3 Å². The van der Waals surface area contributed by atoms with Gasteiger partial charge in [-0.2, -0.15) is 13.2 Å². The summed E-state index contributed by atoms with van der Waals surface area (Å²) >= 11 is 0. The molecule has 0 heterocycles. The van der Waals surface area contributed by atoms with E-state index >= 15 is 0 Å². The lowest BCUT2D eigenvalue weighted by molar-refractivity contribution is -0.132. The van der Waals surface area contributed by atoms with E-state index in [2.05, 4.69) is 29.5 Å². The number of alkyl halides is 3. The van der Waals surface area contributed by atoms with Gasteiger partial charge in [0.05, 0.1) is 19.5 Å². The third-order valence-corrected chi connectivity index (χ3v) is 3.20. The van der Waals surface area contributed by atoms with Crippen LogP contribution in [0.25, 0.3) is 0 Å². The second-order valence-corrected chi connectivity index (χ2v) is 5.59. The van der Waals surface area contributed by atoms with Crippen LogP contribution >= 0.6 is 24.0 Å². The zero-order chi connectivity index (χ0) is 18.0. The molecule has 0 saturated carbocycles. The Kier molecular flexibility index (Phi) is 11.6. The first-order chi connectivity index (χ1) is 11.3. The highest BCUT2D eigenvalue weighted by molar-refractivity contribution is 14.0. The molecule has 0 radical (unpaired) electrons. The van der Waals surface area contributed by atoms with Crippen LogP contribution in [0.3, 0.4) is 0 Å². The lowest BCUT2D eigenvalue weighted by Gasteiger charge is -2.15. The number of hydrogen-bond donors (Lipinski definition) is 2. The van der Waals surface area contributed by atoms with Crippen LogP contribution < -0.4 is 15.4 Å². The summed E-state index contributed by atoms with van der Waals surface area (Å²) in [5.74, 6) is 1.55. The topological polar surface area (TPSA) is 45.7 Å². The second kappa shape index (κ2) is 12.2. The molecule has 0 fully saturated rings. The van der Waals surface area contributed by atoms with Crippen LogP contribution in [0.1, 0.15) is 38.7 Å². The fourth-order valence-corrected chi connectivity index (χ4v) is 2.06. The average Bonchev–Trinajstić information content (AvgIpc) is 2.50. The number of halogens is 4. The molecular weight excluding hydrogens is 446 g/mol. The molecule has 144 valence electrons. The molecule has 1 rings (SSSR count). The van der Waals surface area contributed by atoms with Crippen molar-refractivity contribution in [2.24, 2.45) is 4.99 Å². The Morgan fingerprint density at radius 3 is 2.48 bits per heavy atom. The molecule has 8 heteroatoms. The van der Waals surface area contributed by atoms with Crippen molar-refractivity contribution < 1.29 is 17.9 Å². The van der Waals surface area contributed by atoms with Crippen LogP contribution in [0.5, 0.6) is 5.75 Å². The molecule has 1 aromatic carbocycles. The Hall–Kier alpha value is -1.19. The number of nitrogens with zero attached hydrogens (tertiary/aromatic N) is 1.